The molecule has 7 heteroatoms. The number of halogens is 1. The van der Waals surface area contributed by atoms with Crippen LogP contribution in [0, 0.1) is 12.7 Å². The Morgan fingerprint density at radius 2 is 1.69 bits per heavy atom. The molecule has 1 atom stereocenters. The summed E-state index contributed by atoms with van der Waals surface area (Å²) in [6.45, 7) is 4.01. The zero-order valence-electron chi connectivity index (χ0n) is 15.1. The van der Waals surface area contributed by atoms with Crippen LogP contribution in [0.15, 0.2) is 48.5 Å². The van der Waals surface area contributed by atoms with Crippen LogP contribution in [0.5, 0.6) is 0 Å². The maximum Gasteiger partial charge on any atom is 0.244 e. The van der Waals surface area contributed by atoms with Crippen molar-refractivity contribution < 1.29 is 17.6 Å². The van der Waals surface area contributed by atoms with Crippen molar-refractivity contribution in [2.24, 2.45) is 0 Å². The number of anilines is 1. The first-order valence-electron chi connectivity index (χ1n) is 8.30. The summed E-state index contributed by atoms with van der Waals surface area (Å²) in [6.07, 6.45) is 1.32. The first kappa shape index (κ1) is 19.9. The van der Waals surface area contributed by atoms with Crippen LogP contribution in [0.4, 0.5) is 10.1 Å². The van der Waals surface area contributed by atoms with Crippen molar-refractivity contribution in [2.75, 3.05) is 10.6 Å². The number of benzene rings is 2. The smallest absolute Gasteiger partial charge is 0.244 e. The topological polar surface area (TPSA) is 66.5 Å². The zero-order valence-corrected chi connectivity index (χ0v) is 15.9. The first-order valence-corrected chi connectivity index (χ1v) is 10.2. The van der Waals surface area contributed by atoms with Gasteiger partial charge in [-0.15, -0.1) is 0 Å². The zero-order chi connectivity index (χ0) is 19.3. The van der Waals surface area contributed by atoms with Gasteiger partial charge in [0.05, 0.1) is 11.9 Å². The minimum atomic E-state index is -3.73. The maximum absolute atomic E-state index is 13.2. The van der Waals surface area contributed by atoms with E-state index in [0.29, 0.717) is 6.54 Å². The lowest BCUT2D eigenvalue weighted by Crippen LogP contribution is -2.49. The van der Waals surface area contributed by atoms with E-state index in [-0.39, 0.29) is 12.1 Å². The van der Waals surface area contributed by atoms with Crippen LogP contribution in [0.1, 0.15) is 24.5 Å². The predicted molar refractivity (Wildman–Crippen MR) is 101 cm³/mol. The second kappa shape index (κ2) is 8.31. The molecule has 1 N–H and O–H groups in total. The Morgan fingerprint density at radius 3 is 2.19 bits per heavy atom. The van der Waals surface area contributed by atoms with Gasteiger partial charge in [-0.05, 0) is 43.2 Å². The molecule has 1 amide bonds. The molecule has 2 aromatic carbocycles. The van der Waals surface area contributed by atoms with Crippen molar-refractivity contribution in [3.05, 3.63) is 65.5 Å². The van der Waals surface area contributed by atoms with Gasteiger partial charge in [0.2, 0.25) is 15.9 Å². The molecule has 140 valence electrons. The molecule has 1 unspecified atom stereocenters. The van der Waals surface area contributed by atoms with Crippen molar-refractivity contribution >= 4 is 21.6 Å². The molecule has 0 radical (unpaired) electrons. The van der Waals surface area contributed by atoms with E-state index < -0.39 is 27.8 Å². The lowest BCUT2D eigenvalue weighted by molar-refractivity contribution is -0.122. The number of sulfonamides is 1. The van der Waals surface area contributed by atoms with Gasteiger partial charge in [-0.25, -0.2) is 12.8 Å². The molecule has 0 aliphatic heterocycles. The van der Waals surface area contributed by atoms with Crippen LogP contribution < -0.4 is 9.62 Å². The van der Waals surface area contributed by atoms with Crippen LogP contribution >= 0.6 is 0 Å². The molecule has 0 heterocycles. The number of hydrogen-bond donors (Lipinski definition) is 1. The average molecular weight is 378 g/mol. The summed E-state index contributed by atoms with van der Waals surface area (Å²) in [5.74, 6) is -0.873. The molecule has 0 saturated carbocycles. The van der Waals surface area contributed by atoms with Gasteiger partial charge in [-0.1, -0.05) is 36.8 Å². The first-order chi connectivity index (χ1) is 12.2. The molecule has 0 fully saturated rings. The maximum atomic E-state index is 13.2. The molecule has 0 aromatic heterocycles. The molecule has 26 heavy (non-hydrogen) atoms. The Balaban J connectivity index is 2.22. The van der Waals surface area contributed by atoms with Crippen molar-refractivity contribution in [3.8, 4) is 0 Å². The largest absolute Gasteiger partial charge is 0.350 e. The Morgan fingerprint density at radius 1 is 1.12 bits per heavy atom. The number of aryl methyl sites for hydroxylation is 1. The minimum absolute atomic E-state index is 0.256. The molecule has 0 spiro atoms. The summed E-state index contributed by atoms with van der Waals surface area (Å²) in [5, 5.41) is 2.78. The summed E-state index contributed by atoms with van der Waals surface area (Å²) < 4.78 is 38.8. The van der Waals surface area contributed by atoms with Gasteiger partial charge in [-0.2, -0.15) is 0 Å². The SMILES string of the molecule is CCC(C(=O)NCc1ccc(C)cc1)N(c1ccc(F)cc1)S(C)(=O)=O. The van der Waals surface area contributed by atoms with Crippen molar-refractivity contribution in [2.45, 2.75) is 32.9 Å². The molecular formula is C19H23FN2O3S. The molecule has 0 aliphatic rings. The number of rotatable bonds is 7. The second-order valence-electron chi connectivity index (χ2n) is 6.16. The van der Waals surface area contributed by atoms with Crippen molar-refractivity contribution in [3.63, 3.8) is 0 Å². The highest BCUT2D eigenvalue weighted by Crippen LogP contribution is 2.22. The van der Waals surface area contributed by atoms with Crippen molar-refractivity contribution in [1.29, 1.82) is 0 Å². The lowest BCUT2D eigenvalue weighted by atomic mass is 10.1. The van der Waals surface area contributed by atoms with Gasteiger partial charge in [0.1, 0.15) is 11.9 Å². The molecule has 2 rings (SSSR count). The Labute approximate surface area is 153 Å². The standard InChI is InChI=1S/C19H23FN2O3S/c1-4-18(19(23)21-13-15-7-5-14(2)6-8-15)22(26(3,24)25)17-11-9-16(20)10-12-17/h5-12,18H,4,13H2,1-3H3,(H,21,23). The third-order valence-electron chi connectivity index (χ3n) is 4.00. The van der Waals surface area contributed by atoms with Crippen LogP contribution in [-0.4, -0.2) is 26.6 Å². The number of carbonyl (C=O) groups is 1. The van der Waals surface area contributed by atoms with E-state index in [2.05, 4.69) is 5.32 Å². The number of hydrogen-bond acceptors (Lipinski definition) is 3. The van der Waals surface area contributed by atoms with E-state index >= 15 is 0 Å². The fraction of sp³-hybridized carbons (Fsp3) is 0.316. The van der Waals surface area contributed by atoms with Crippen LogP contribution in [0.2, 0.25) is 0 Å². The van der Waals surface area contributed by atoms with Gasteiger partial charge in [0.25, 0.3) is 0 Å². The number of amides is 1. The number of nitrogens with one attached hydrogen (secondary N) is 1. The molecule has 0 saturated heterocycles. The molecule has 0 aliphatic carbocycles. The highest BCUT2D eigenvalue weighted by atomic mass is 32.2. The Hall–Kier alpha value is -2.41. The predicted octanol–water partition coefficient (Wildman–Crippen LogP) is 3.00. The Kier molecular flexibility index (Phi) is 6.37. The third-order valence-corrected chi connectivity index (χ3v) is 5.18. The number of nitrogens with zero attached hydrogens (tertiary/aromatic N) is 1. The second-order valence-corrected chi connectivity index (χ2v) is 8.02. The summed E-state index contributed by atoms with van der Waals surface area (Å²) in [7, 11) is -3.73. The fourth-order valence-electron chi connectivity index (χ4n) is 2.66. The minimum Gasteiger partial charge on any atom is -0.350 e. The van der Waals surface area contributed by atoms with Crippen LogP contribution in [-0.2, 0) is 21.4 Å². The van der Waals surface area contributed by atoms with E-state index in [1.165, 1.54) is 24.3 Å². The summed E-state index contributed by atoms with van der Waals surface area (Å²) in [6, 6.07) is 11.8. The van der Waals surface area contributed by atoms with Gasteiger partial charge in [-0.3, -0.25) is 9.10 Å². The van der Waals surface area contributed by atoms with Gasteiger partial charge < -0.3 is 5.32 Å². The summed E-state index contributed by atoms with van der Waals surface area (Å²) in [5.41, 5.74) is 2.30. The molecule has 5 nitrogen and oxygen atoms in total. The average Bonchev–Trinajstić information content (AvgIpc) is 2.59. The number of carbonyl (C=O) groups excluding carboxylic acids is 1. The lowest BCUT2D eigenvalue weighted by Gasteiger charge is -2.30. The molecule has 2 aromatic rings. The highest BCUT2D eigenvalue weighted by Gasteiger charge is 2.31. The normalized spacial score (nSPS) is 12.5. The summed E-state index contributed by atoms with van der Waals surface area (Å²) >= 11 is 0. The monoisotopic (exact) mass is 378 g/mol. The van der Waals surface area contributed by atoms with Gasteiger partial charge in [0, 0.05) is 6.54 Å². The molecular weight excluding hydrogens is 355 g/mol. The Bertz CT molecular complexity index is 849. The van der Waals surface area contributed by atoms with E-state index in [0.717, 1.165) is 21.7 Å². The fourth-order valence-corrected chi connectivity index (χ4v) is 3.87. The van der Waals surface area contributed by atoms with E-state index in [1.54, 1.807) is 6.92 Å². The van der Waals surface area contributed by atoms with Crippen molar-refractivity contribution in [1.82, 2.24) is 5.32 Å². The van der Waals surface area contributed by atoms with E-state index in [1.807, 2.05) is 31.2 Å². The van der Waals surface area contributed by atoms with Gasteiger partial charge >= 0.3 is 0 Å². The van der Waals surface area contributed by atoms with E-state index in [9.17, 15) is 17.6 Å². The summed E-state index contributed by atoms with van der Waals surface area (Å²) in [4.78, 5) is 12.7. The highest BCUT2D eigenvalue weighted by molar-refractivity contribution is 7.92. The molecule has 0 bridgehead atoms. The third kappa shape index (κ3) is 5.05. The van der Waals surface area contributed by atoms with Gasteiger partial charge in [0.15, 0.2) is 0 Å². The van der Waals surface area contributed by atoms with Crippen LogP contribution in [0.3, 0.4) is 0 Å². The van der Waals surface area contributed by atoms with Crippen LogP contribution in [0.25, 0.3) is 0 Å². The quantitative estimate of drug-likeness (QED) is 0.805. The van der Waals surface area contributed by atoms with E-state index in [4.69, 9.17) is 0 Å².